The van der Waals surface area contributed by atoms with Crippen molar-refractivity contribution in [1.82, 2.24) is 19.1 Å². The molecular weight excluding hydrogens is 659 g/mol. The van der Waals surface area contributed by atoms with Gasteiger partial charge in [-0.25, -0.2) is 9.97 Å². The minimum atomic E-state index is 0.313. The van der Waals surface area contributed by atoms with E-state index in [2.05, 4.69) is 191 Å². The van der Waals surface area contributed by atoms with Gasteiger partial charge in [0, 0.05) is 28.2 Å². The summed E-state index contributed by atoms with van der Waals surface area (Å²) in [6.45, 7) is 0. The topological polar surface area (TPSA) is 48.0 Å². The summed E-state index contributed by atoms with van der Waals surface area (Å²) in [5, 5.41) is 0. The standard InChI is InChI=1S/C49H37N5/c1-4-16-34(17-5-1)36-29-28-35-18-10-11-23-42(35)50-45(33-36)37-30-38(48-51-43-24-12-14-26-46(43)53(48)40-19-6-2-7-20-40)32-39(31-37)49-52-44-25-13-15-27-47(44)54(49)41-21-8-3-9-22-41/h1-27,30-32,36H,28-29,33H2. The normalized spacial score (nSPS) is 14.4. The van der Waals surface area contributed by atoms with Crippen LogP contribution in [-0.4, -0.2) is 24.8 Å². The van der Waals surface area contributed by atoms with Crippen LogP contribution in [0, 0.1) is 0 Å². The van der Waals surface area contributed by atoms with Gasteiger partial charge in [0.1, 0.15) is 11.6 Å². The zero-order valence-electron chi connectivity index (χ0n) is 29.8. The van der Waals surface area contributed by atoms with E-state index in [0.717, 1.165) is 92.4 Å². The minimum absolute atomic E-state index is 0.313. The van der Waals surface area contributed by atoms with Gasteiger partial charge in [-0.3, -0.25) is 14.1 Å². The van der Waals surface area contributed by atoms with Gasteiger partial charge in [-0.1, -0.05) is 109 Å². The zero-order chi connectivity index (χ0) is 35.8. The number of rotatable bonds is 6. The van der Waals surface area contributed by atoms with Gasteiger partial charge in [-0.05, 0) is 115 Å². The van der Waals surface area contributed by atoms with Crippen molar-refractivity contribution in [3.05, 3.63) is 199 Å². The molecule has 0 amide bonds. The maximum absolute atomic E-state index is 5.52. The van der Waals surface area contributed by atoms with E-state index in [1.54, 1.807) is 0 Å². The third kappa shape index (κ3) is 5.80. The lowest BCUT2D eigenvalue weighted by Gasteiger charge is -2.23. The van der Waals surface area contributed by atoms with Crippen molar-refractivity contribution in [2.24, 2.45) is 4.99 Å². The highest BCUT2D eigenvalue weighted by molar-refractivity contribution is 6.05. The first-order valence-electron chi connectivity index (χ1n) is 18.7. The SMILES string of the molecule is c1ccc(C2CCc3ccccc3N=C(c3cc(-c4nc5ccccc5n4-c4ccccc4)cc(-c4nc5ccccc5n4-c4ccccc4)c3)C2)cc1. The van der Waals surface area contributed by atoms with Crippen LogP contribution in [0.15, 0.2) is 187 Å². The second-order valence-corrected chi connectivity index (χ2v) is 14.0. The third-order valence-corrected chi connectivity index (χ3v) is 10.7. The van der Waals surface area contributed by atoms with Gasteiger partial charge in [0.15, 0.2) is 0 Å². The van der Waals surface area contributed by atoms with Crippen molar-refractivity contribution in [3.63, 3.8) is 0 Å². The lowest BCUT2D eigenvalue weighted by Crippen LogP contribution is -2.13. The van der Waals surface area contributed by atoms with Crippen LogP contribution < -0.4 is 0 Å². The van der Waals surface area contributed by atoms with Gasteiger partial charge in [-0.2, -0.15) is 0 Å². The van der Waals surface area contributed by atoms with Crippen LogP contribution in [0.25, 0.3) is 56.2 Å². The van der Waals surface area contributed by atoms with Crippen molar-refractivity contribution in [2.75, 3.05) is 0 Å². The van der Waals surface area contributed by atoms with E-state index in [4.69, 9.17) is 15.0 Å². The molecule has 5 nitrogen and oxygen atoms in total. The molecule has 5 heteroatoms. The molecule has 9 aromatic rings. The quantitative estimate of drug-likeness (QED) is 0.174. The van der Waals surface area contributed by atoms with Gasteiger partial charge in [-0.15, -0.1) is 0 Å². The highest BCUT2D eigenvalue weighted by Crippen LogP contribution is 2.38. The summed E-state index contributed by atoms with van der Waals surface area (Å²) in [6.07, 6.45) is 2.84. The molecule has 1 atom stereocenters. The van der Waals surface area contributed by atoms with E-state index in [1.165, 1.54) is 11.1 Å². The summed E-state index contributed by atoms with van der Waals surface area (Å²) in [5.41, 5.74) is 13.9. The van der Waals surface area contributed by atoms with Crippen molar-refractivity contribution in [1.29, 1.82) is 0 Å². The summed E-state index contributed by atoms with van der Waals surface area (Å²) >= 11 is 0. The minimum Gasteiger partial charge on any atom is -0.292 e. The molecule has 54 heavy (non-hydrogen) atoms. The maximum atomic E-state index is 5.52. The Bertz CT molecular complexity index is 2660. The van der Waals surface area contributed by atoms with Gasteiger partial charge < -0.3 is 0 Å². The Morgan fingerprint density at radius 3 is 1.54 bits per heavy atom. The predicted octanol–water partition coefficient (Wildman–Crippen LogP) is 11.9. The van der Waals surface area contributed by atoms with Crippen LogP contribution in [0.1, 0.15) is 35.4 Å². The summed E-state index contributed by atoms with van der Waals surface area (Å²) in [7, 11) is 0. The molecule has 1 unspecified atom stereocenters. The first kappa shape index (κ1) is 31.9. The number of fused-ring (bicyclic) bond motifs is 3. The number of aliphatic imine (C=N–C) groups is 1. The molecule has 0 radical (unpaired) electrons. The molecule has 1 aliphatic heterocycles. The van der Waals surface area contributed by atoms with E-state index >= 15 is 0 Å². The number of para-hydroxylation sites is 7. The summed E-state index contributed by atoms with van der Waals surface area (Å²) in [4.78, 5) is 16.2. The molecule has 2 aromatic heterocycles. The monoisotopic (exact) mass is 695 g/mol. The molecule has 0 N–H and O–H groups in total. The lowest BCUT2D eigenvalue weighted by atomic mass is 9.84. The number of aromatic nitrogens is 4. The molecule has 0 aliphatic carbocycles. The highest BCUT2D eigenvalue weighted by Gasteiger charge is 2.24. The Hall–Kier alpha value is -6.85. The second kappa shape index (κ2) is 13.6. The second-order valence-electron chi connectivity index (χ2n) is 14.0. The number of hydrogen-bond donors (Lipinski definition) is 0. The fraction of sp³-hybridized carbons (Fsp3) is 0.0816. The third-order valence-electron chi connectivity index (χ3n) is 10.7. The van der Waals surface area contributed by atoms with Crippen molar-refractivity contribution in [3.8, 4) is 34.2 Å². The highest BCUT2D eigenvalue weighted by atomic mass is 15.1. The molecule has 7 aromatic carbocycles. The van der Waals surface area contributed by atoms with Gasteiger partial charge >= 0.3 is 0 Å². The zero-order valence-corrected chi connectivity index (χ0v) is 29.8. The van der Waals surface area contributed by atoms with Crippen LogP contribution in [0.5, 0.6) is 0 Å². The smallest absolute Gasteiger partial charge is 0.145 e. The summed E-state index contributed by atoms with van der Waals surface area (Å²) in [6, 6.07) is 64.3. The molecule has 258 valence electrons. The molecule has 1 aliphatic rings. The Labute approximate surface area is 314 Å². The molecule has 0 saturated heterocycles. The van der Waals surface area contributed by atoms with Gasteiger partial charge in [0.05, 0.1) is 27.8 Å². The van der Waals surface area contributed by atoms with Gasteiger partial charge in [0.25, 0.3) is 0 Å². The molecule has 0 saturated carbocycles. The van der Waals surface area contributed by atoms with E-state index in [-0.39, 0.29) is 0 Å². The van der Waals surface area contributed by atoms with Crippen molar-refractivity contribution in [2.45, 2.75) is 25.2 Å². The average Bonchev–Trinajstić information content (AvgIpc) is 3.82. The number of aryl methyl sites for hydroxylation is 1. The van der Waals surface area contributed by atoms with Crippen LogP contribution >= 0.6 is 0 Å². The van der Waals surface area contributed by atoms with Crippen LogP contribution in [-0.2, 0) is 6.42 Å². The fourth-order valence-corrected chi connectivity index (χ4v) is 8.05. The number of nitrogens with zero attached hydrogens (tertiary/aromatic N) is 5. The lowest BCUT2D eigenvalue weighted by molar-refractivity contribution is 0.642. The van der Waals surface area contributed by atoms with Crippen molar-refractivity contribution >= 4 is 33.5 Å². The number of hydrogen-bond acceptors (Lipinski definition) is 3. The fourth-order valence-electron chi connectivity index (χ4n) is 8.05. The first-order chi connectivity index (χ1) is 26.8. The van der Waals surface area contributed by atoms with Crippen LogP contribution in [0.2, 0.25) is 0 Å². The number of benzene rings is 7. The van der Waals surface area contributed by atoms with E-state index < -0.39 is 0 Å². The Kier molecular flexibility index (Phi) is 8.03. The van der Waals surface area contributed by atoms with Crippen molar-refractivity contribution < 1.29 is 0 Å². The van der Waals surface area contributed by atoms with E-state index in [1.807, 2.05) is 0 Å². The molecule has 10 rings (SSSR count). The largest absolute Gasteiger partial charge is 0.292 e. The first-order valence-corrected chi connectivity index (χ1v) is 18.7. The van der Waals surface area contributed by atoms with E-state index in [0.29, 0.717) is 5.92 Å². The van der Waals surface area contributed by atoms with Gasteiger partial charge in [0.2, 0.25) is 0 Å². The molecule has 3 heterocycles. The Morgan fingerprint density at radius 1 is 0.463 bits per heavy atom. The summed E-state index contributed by atoms with van der Waals surface area (Å²) < 4.78 is 4.56. The van der Waals surface area contributed by atoms with Crippen LogP contribution in [0.4, 0.5) is 5.69 Å². The molecule has 0 spiro atoms. The van der Waals surface area contributed by atoms with E-state index in [9.17, 15) is 0 Å². The van der Waals surface area contributed by atoms with Crippen LogP contribution in [0.3, 0.4) is 0 Å². The molecule has 0 bridgehead atoms. The molecule has 0 fully saturated rings. The maximum Gasteiger partial charge on any atom is 0.145 e. The Morgan fingerprint density at radius 2 is 0.944 bits per heavy atom. The molecular formula is C49H37N5. The number of imidazole rings is 2. The summed E-state index contributed by atoms with van der Waals surface area (Å²) in [5.74, 6) is 2.06. The Balaban J connectivity index is 1.26. The average molecular weight is 696 g/mol. The predicted molar refractivity (Wildman–Crippen MR) is 221 cm³/mol.